The zero-order valence-electron chi connectivity index (χ0n) is 10.0. The van der Waals surface area contributed by atoms with Crippen LogP contribution in [-0.2, 0) is 0 Å². The molecule has 2 heterocycles. The van der Waals surface area contributed by atoms with E-state index in [9.17, 15) is 4.79 Å². The minimum atomic E-state index is 0.130. The third-order valence-corrected chi connectivity index (χ3v) is 3.02. The summed E-state index contributed by atoms with van der Waals surface area (Å²) in [5.74, 6) is 0.130. The van der Waals surface area contributed by atoms with Crippen LogP contribution in [0.3, 0.4) is 0 Å². The van der Waals surface area contributed by atoms with E-state index < -0.39 is 0 Å². The molecule has 1 amide bonds. The lowest BCUT2D eigenvalue weighted by atomic mass is 10.1. The molecule has 0 unspecified atom stereocenters. The van der Waals surface area contributed by atoms with Gasteiger partial charge in [-0.05, 0) is 39.2 Å². The number of nitrogens with zero attached hydrogens (tertiary/aromatic N) is 3. The van der Waals surface area contributed by atoms with E-state index in [0.717, 1.165) is 31.6 Å². The first-order valence-electron chi connectivity index (χ1n) is 6.03. The standard InChI is InChI=1S/C12H19N3O/c1-10(2)15-11(6-7-13-15)12(16)14-8-4-3-5-9-14/h6-7,10H,3-5,8-9H2,1-2H3. The largest absolute Gasteiger partial charge is 0.337 e. The number of carbonyl (C=O) groups excluding carboxylic acids is 1. The van der Waals surface area contributed by atoms with Crippen LogP contribution in [0.25, 0.3) is 0 Å². The maximum absolute atomic E-state index is 12.3. The Morgan fingerprint density at radius 1 is 1.31 bits per heavy atom. The Morgan fingerprint density at radius 2 is 2.00 bits per heavy atom. The summed E-state index contributed by atoms with van der Waals surface area (Å²) in [6.45, 7) is 5.87. The highest BCUT2D eigenvalue weighted by molar-refractivity contribution is 5.92. The number of hydrogen-bond donors (Lipinski definition) is 0. The van der Waals surface area contributed by atoms with Crippen molar-refractivity contribution in [2.45, 2.75) is 39.2 Å². The molecular formula is C12H19N3O. The monoisotopic (exact) mass is 221 g/mol. The fourth-order valence-corrected chi connectivity index (χ4v) is 2.15. The quantitative estimate of drug-likeness (QED) is 0.767. The van der Waals surface area contributed by atoms with Gasteiger partial charge in [0.05, 0.1) is 0 Å². The van der Waals surface area contributed by atoms with Crippen molar-refractivity contribution in [2.75, 3.05) is 13.1 Å². The number of rotatable bonds is 2. The number of piperidine rings is 1. The highest BCUT2D eigenvalue weighted by Crippen LogP contribution is 2.15. The molecule has 0 radical (unpaired) electrons. The van der Waals surface area contributed by atoms with Crippen molar-refractivity contribution in [3.63, 3.8) is 0 Å². The third kappa shape index (κ3) is 2.10. The molecule has 1 aliphatic heterocycles. The predicted octanol–water partition coefficient (Wildman–Crippen LogP) is 2.09. The molecule has 16 heavy (non-hydrogen) atoms. The first-order valence-corrected chi connectivity index (χ1v) is 6.03. The maximum Gasteiger partial charge on any atom is 0.272 e. The Hall–Kier alpha value is -1.32. The van der Waals surface area contributed by atoms with Crippen molar-refractivity contribution in [3.05, 3.63) is 18.0 Å². The third-order valence-electron chi connectivity index (χ3n) is 3.02. The smallest absolute Gasteiger partial charge is 0.272 e. The molecule has 0 N–H and O–H groups in total. The molecule has 0 saturated carbocycles. The molecule has 0 atom stereocenters. The van der Waals surface area contributed by atoms with Crippen molar-refractivity contribution in [2.24, 2.45) is 0 Å². The molecule has 88 valence electrons. The SMILES string of the molecule is CC(C)n1nccc1C(=O)N1CCCCC1. The molecule has 2 rings (SSSR count). The zero-order chi connectivity index (χ0) is 11.5. The van der Waals surface area contributed by atoms with Gasteiger partial charge in [-0.1, -0.05) is 0 Å². The van der Waals surface area contributed by atoms with Crippen LogP contribution in [0.1, 0.15) is 49.6 Å². The molecule has 0 bridgehead atoms. The van der Waals surface area contributed by atoms with Crippen LogP contribution in [0.5, 0.6) is 0 Å². The summed E-state index contributed by atoms with van der Waals surface area (Å²) in [5.41, 5.74) is 0.719. The highest BCUT2D eigenvalue weighted by Gasteiger charge is 2.21. The van der Waals surface area contributed by atoms with Gasteiger partial charge in [-0.3, -0.25) is 9.48 Å². The van der Waals surface area contributed by atoms with Crippen LogP contribution in [0.15, 0.2) is 12.3 Å². The lowest BCUT2D eigenvalue weighted by molar-refractivity contribution is 0.0709. The lowest BCUT2D eigenvalue weighted by Gasteiger charge is -2.27. The van der Waals surface area contributed by atoms with E-state index in [1.807, 2.05) is 24.8 Å². The van der Waals surface area contributed by atoms with E-state index in [1.54, 1.807) is 10.9 Å². The van der Waals surface area contributed by atoms with E-state index in [2.05, 4.69) is 5.10 Å². The van der Waals surface area contributed by atoms with Crippen molar-refractivity contribution in [1.29, 1.82) is 0 Å². The molecule has 1 fully saturated rings. The average molecular weight is 221 g/mol. The van der Waals surface area contributed by atoms with E-state index in [0.29, 0.717) is 0 Å². The van der Waals surface area contributed by atoms with E-state index in [1.165, 1.54) is 6.42 Å². The van der Waals surface area contributed by atoms with Gasteiger partial charge in [0.1, 0.15) is 5.69 Å². The van der Waals surface area contributed by atoms with Crippen LogP contribution >= 0.6 is 0 Å². The Kier molecular flexibility index (Phi) is 3.27. The van der Waals surface area contributed by atoms with Crippen molar-refractivity contribution >= 4 is 5.91 Å². The molecule has 1 saturated heterocycles. The van der Waals surface area contributed by atoms with Gasteiger partial charge >= 0.3 is 0 Å². The minimum Gasteiger partial charge on any atom is -0.337 e. The molecule has 1 aromatic heterocycles. The van der Waals surface area contributed by atoms with Crippen LogP contribution in [0.2, 0.25) is 0 Å². The summed E-state index contributed by atoms with van der Waals surface area (Å²) in [4.78, 5) is 14.2. The molecule has 1 aliphatic rings. The Morgan fingerprint density at radius 3 is 2.62 bits per heavy atom. The zero-order valence-corrected chi connectivity index (χ0v) is 10.0. The van der Waals surface area contributed by atoms with E-state index >= 15 is 0 Å². The van der Waals surface area contributed by atoms with Crippen LogP contribution < -0.4 is 0 Å². The van der Waals surface area contributed by atoms with Gasteiger partial charge in [0.2, 0.25) is 0 Å². The van der Waals surface area contributed by atoms with Gasteiger partial charge in [0, 0.05) is 25.3 Å². The van der Waals surface area contributed by atoms with Crippen LogP contribution in [0.4, 0.5) is 0 Å². The predicted molar refractivity (Wildman–Crippen MR) is 62.4 cm³/mol. The Balaban J connectivity index is 2.16. The van der Waals surface area contributed by atoms with Crippen molar-refractivity contribution in [3.8, 4) is 0 Å². The molecule has 0 spiro atoms. The van der Waals surface area contributed by atoms with Gasteiger partial charge < -0.3 is 4.90 Å². The molecule has 1 aromatic rings. The highest BCUT2D eigenvalue weighted by atomic mass is 16.2. The van der Waals surface area contributed by atoms with Crippen molar-refractivity contribution < 1.29 is 4.79 Å². The van der Waals surface area contributed by atoms with Gasteiger partial charge in [-0.15, -0.1) is 0 Å². The second-order valence-electron chi connectivity index (χ2n) is 4.61. The maximum atomic E-state index is 12.3. The topological polar surface area (TPSA) is 38.1 Å². The fraction of sp³-hybridized carbons (Fsp3) is 0.667. The van der Waals surface area contributed by atoms with Crippen LogP contribution in [0, 0.1) is 0 Å². The summed E-state index contributed by atoms with van der Waals surface area (Å²) < 4.78 is 1.80. The average Bonchev–Trinajstić information content (AvgIpc) is 2.78. The number of carbonyl (C=O) groups is 1. The van der Waals surface area contributed by atoms with Gasteiger partial charge in [0.15, 0.2) is 0 Å². The summed E-state index contributed by atoms with van der Waals surface area (Å²) in [6.07, 6.45) is 5.20. The molecular weight excluding hydrogens is 202 g/mol. The Bertz CT molecular complexity index is 364. The van der Waals surface area contributed by atoms with Gasteiger partial charge in [-0.2, -0.15) is 5.10 Å². The summed E-state index contributed by atoms with van der Waals surface area (Å²) in [7, 11) is 0. The van der Waals surface area contributed by atoms with Crippen LogP contribution in [-0.4, -0.2) is 33.7 Å². The normalized spacial score (nSPS) is 16.8. The van der Waals surface area contributed by atoms with E-state index in [-0.39, 0.29) is 11.9 Å². The van der Waals surface area contributed by atoms with Gasteiger partial charge in [0.25, 0.3) is 5.91 Å². The van der Waals surface area contributed by atoms with Gasteiger partial charge in [-0.25, -0.2) is 0 Å². The Labute approximate surface area is 96.2 Å². The second-order valence-corrected chi connectivity index (χ2v) is 4.61. The number of likely N-dealkylation sites (tertiary alicyclic amines) is 1. The number of amides is 1. The number of aromatic nitrogens is 2. The summed E-state index contributed by atoms with van der Waals surface area (Å²) >= 11 is 0. The summed E-state index contributed by atoms with van der Waals surface area (Å²) in [5, 5.41) is 4.20. The fourth-order valence-electron chi connectivity index (χ4n) is 2.15. The first kappa shape index (κ1) is 11.2. The molecule has 0 aromatic carbocycles. The number of hydrogen-bond acceptors (Lipinski definition) is 2. The molecule has 4 nitrogen and oxygen atoms in total. The van der Waals surface area contributed by atoms with E-state index in [4.69, 9.17) is 0 Å². The van der Waals surface area contributed by atoms with Crippen molar-refractivity contribution in [1.82, 2.24) is 14.7 Å². The molecule has 4 heteroatoms. The lowest BCUT2D eigenvalue weighted by Crippen LogP contribution is -2.37. The molecule has 0 aliphatic carbocycles. The minimum absolute atomic E-state index is 0.130. The first-order chi connectivity index (χ1) is 7.70. The summed E-state index contributed by atoms with van der Waals surface area (Å²) in [6, 6.07) is 2.05. The second kappa shape index (κ2) is 4.68.